The predicted molar refractivity (Wildman–Crippen MR) is 112 cm³/mol. The van der Waals surface area contributed by atoms with Crippen LogP contribution >= 0.6 is 11.3 Å². The average molecular weight is 418 g/mol. The molecule has 2 heterocycles. The summed E-state index contributed by atoms with van der Waals surface area (Å²) in [4.78, 5) is 14.0. The number of rotatable bonds is 7. The number of thiophene rings is 1. The zero-order chi connectivity index (χ0) is 20.3. The second-order valence-electron chi connectivity index (χ2n) is 6.52. The standard InChI is InChI=1S/C20H23N3O3S2/c1-14-15(2)27-20(23-10-4-5-11-23)18(14)19(24)22-12-16-6-8-17(9-7-16)13-28(25,26)21-3/h4-11,21H,12-13H2,1-3H3,(H,22,24). The number of nitrogens with one attached hydrogen (secondary N) is 2. The first kappa shape index (κ1) is 20.3. The van der Waals surface area contributed by atoms with E-state index in [-0.39, 0.29) is 11.7 Å². The van der Waals surface area contributed by atoms with Gasteiger partial charge in [0.1, 0.15) is 5.00 Å². The van der Waals surface area contributed by atoms with Gasteiger partial charge in [0.15, 0.2) is 0 Å². The molecule has 0 saturated heterocycles. The van der Waals surface area contributed by atoms with Gasteiger partial charge in [0.05, 0.1) is 11.3 Å². The molecular formula is C20H23N3O3S2. The van der Waals surface area contributed by atoms with Crippen LogP contribution in [0.1, 0.15) is 31.9 Å². The van der Waals surface area contributed by atoms with Gasteiger partial charge in [-0.25, -0.2) is 13.1 Å². The first-order chi connectivity index (χ1) is 13.3. The maximum absolute atomic E-state index is 12.9. The van der Waals surface area contributed by atoms with Crippen LogP contribution in [0.15, 0.2) is 48.8 Å². The number of carbonyl (C=O) groups is 1. The molecule has 0 unspecified atom stereocenters. The molecule has 0 atom stereocenters. The highest BCUT2D eigenvalue weighted by molar-refractivity contribution is 7.88. The Morgan fingerprint density at radius 3 is 2.29 bits per heavy atom. The number of sulfonamides is 1. The number of aromatic nitrogens is 1. The molecule has 0 saturated carbocycles. The molecule has 3 rings (SSSR count). The van der Waals surface area contributed by atoms with Crippen molar-refractivity contribution < 1.29 is 13.2 Å². The minimum atomic E-state index is -3.30. The van der Waals surface area contributed by atoms with E-state index < -0.39 is 10.0 Å². The quantitative estimate of drug-likeness (QED) is 0.620. The highest BCUT2D eigenvalue weighted by Crippen LogP contribution is 2.30. The first-order valence-corrected chi connectivity index (χ1v) is 11.3. The van der Waals surface area contributed by atoms with Gasteiger partial charge in [-0.1, -0.05) is 24.3 Å². The lowest BCUT2D eigenvalue weighted by molar-refractivity contribution is 0.0950. The molecule has 1 aromatic carbocycles. The summed E-state index contributed by atoms with van der Waals surface area (Å²) in [6.07, 6.45) is 3.86. The van der Waals surface area contributed by atoms with Crippen molar-refractivity contribution in [3.63, 3.8) is 0 Å². The number of benzene rings is 1. The van der Waals surface area contributed by atoms with Gasteiger partial charge < -0.3 is 9.88 Å². The van der Waals surface area contributed by atoms with Crippen LogP contribution < -0.4 is 10.0 Å². The van der Waals surface area contributed by atoms with E-state index in [0.29, 0.717) is 17.7 Å². The fraction of sp³-hybridized carbons (Fsp3) is 0.250. The van der Waals surface area contributed by atoms with Crippen LogP contribution in [0.25, 0.3) is 5.00 Å². The molecule has 0 aliphatic rings. The molecular weight excluding hydrogens is 394 g/mol. The zero-order valence-electron chi connectivity index (χ0n) is 16.0. The van der Waals surface area contributed by atoms with Gasteiger partial charge in [-0.2, -0.15) is 0 Å². The van der Waals surface area contributed by atoms with Crippen molar-refractivity contribution in [1.82, 2.24) is 14.6 Å². The largest absolute Gasteiger partial charge is 0.348 e. The van der Waals surface area contributed by atoms with E-state index in [4.69, 9.17) is 0 Å². The molecule has 3 aromatic rings. The van der Waals surface area contributed by atoms with Crippen LogP contribution in [0.5, 0.6) is 0 Å². The SMILES string of the molecule is CNS(=O)(=O)Cc1ccc(CNC(=O)c2c(-n3cccc3)sc(C)c2C)cc1. The second kappa shape index (κ2) is 8.30. The summed E-state index contributed by atoms with van der Waals surface area (Å²) in [5, 5.41) is 3.88. The number of carbonyl (C=O) groups excluding carboxylic acids is 1. The molecule has 6 nitrogen and oxygen atoms in total. The zero-order valence-corrected chi connectivity index (χ0v) is 17.7. The van der Waals surface area contributed by atoms with Crippen LogP contribution in [0.4, 0.5) is 0 Å². The van der Waals surface area contributed by atoms with Crippen LogP contribution in [-0.2, 0) is 22.3 Å². The van der Waals surface area contributed by atoms with E-state index in [0.717, 1.165) is 21.0 Å². The van der Waals surface area contributed by atoms with E-state index >= 15 is 0 Å². The number of nitrogens with zero attached hydrogens (tertiary/aromatic N) is 1. The van der Waals surface area contributed by atoms with Gasteiger partial charge >= 0.3 is 0 Å². The summed E-state index contributed by atoms with van der Waals surface area (Å²) < 4.78 is 27.5. The topological polar surface area (TPSA) is 80.2 Å². The molecule has 0 bridgehead atoms. The van der Waals surface area contributed by atoms with Crippen LogP contribution in [0.2, 0.25) is 0 Å². The molecule has 0 spiro atoms. The number of aryl methyl sites for hydroxylation is 1. The monoisotopic (exact) mass is 417 g/mol. The lowest BCUT2D eigenvalue weighted by Crippen LogP contribution is -2.24. The third-order valence-corrected chi connectivity index (χ3v) is 7.13. The number of amides is 1. The predicted octanol–water partition coefficient (Wildman–Crippen LogP) is 3.13. The van der Waals surface area contributed by atoms with Crippen molar-refractivity contribution >= 4 is 27.3 Å². The minimum absolute atomic E-state index is 0.0657. The molecule has 148 valence electrons. The fourth-order valence-electron chi connectivity index (χ4n) is 2.84. The molecule has 1 amide bonds. The van der Waals surface area contributed by atoms with Gasteiger partial charge in [-0.15, -0.1) is 11.3 Å². The van der Waals surface area contributed by atoms with E-state index in [1.165, 1.54) is 7.05 Å². The Bertz CT molecular complexity index is 1070. The van der Waals surface area contributed by atoms with Gasteiger partial charge in [0, 0.05) is 23.8 Å². The fourth-order valence-corrected chi connectivity index (χ4v) is 4.74. The average Bonchev–Trinajstić information content (AvgIpc) is 3.29. The summed E-state index contributed by atoms with van der Waals surface area (Å²) in [7, 11) is -1.90. The van der Waals surface area contributed by atoms with Gasteiger partial charge in [-0.05, 0) is 49.7 Å². The lowest BCUT2D eigenvalue weighted by atomic mass is 10.1. The summed E-state index contributed by atoms with van der Waals surface area (Å²) in [5.74, 6) is -0.184. The van der Waals surface area contributed by atoms with Crippen molar-refractivity contribution in [2.45, 2.75) is 26.1 Å². The molecule has 2 aromatic heterocycles. The summed E-state index contributed by atoms with van der Waals surface area (Å²) in [6, 6.07) is 11.1. The molecule has 0 aliphatic carbocycles. The Hall–Kier alpha value is -2.42. The van der Waals surface area contributed by atoms with Crippen molar-refractivity contribution in [3.05, 3.63) is 75.9 Å². The number of hydrogen-bond donors (Lipinski definition) is 2. The Morgan fingerprint density at radius 1 is 1.07 bits per heavy atom. The maximum Gasteiger partial charge on any atom is 0.254 e. The third-order valence-electron chi connectivity index (χ3n) is 4.58. The van der Waals surface area contributed by atoms with Gasteiger partial charge in [0.2, 0.25) is 10.0 Å². The summed E-state index contributed by atoms with van der Waals surface area (Å²) in [6.45, 7) is 4.35. The van der Waals surface area contributed by atoms with Crippen LogP contribution in [0.3, 0.4) is 0 Å². The molecule has 0 radical (unpaired) electrons. The first-order valence-electron chi connectivity index (χ1n) is 8.81. The van der Waals surface area contributed by atoms with Crippen molar-refractivity contribution in [2.24, 2.45) is 0 Å². The van der Waals surface area contributed by atoms with Crippen molar-refractivity contribution in [2.75, 3.05) is 7.05 Å². The Labute approximate surface area is 169 Å². The number of hydrogen-bond acceptors (Lipinski definition) is 4. The van der Waals surface area contributed by atoms with E-state index in [1.54, 1.807) is 23.5 Å². The second-order valence-corrected chi connectivity index (χ2v) is 9.65. The van der Waals surface area contributed by atoms with Crippen molar-refractivity contribution in [3.8, 4) is 5.00 Å². The molecule has 2 N–H and O–H groups in total. The van der Waals surface area contributed by atoms with Crippen molar-refractivity contribution in [1.29, 1.82) is 0 Å². The van der Waals surface area contributed by atoms with Crippen LogP contribution in [0, 0.1) is 13.8 Å². The maximum atomic E-state index is 12.9. The van der Waals surface area contributed by atoms with E-state index in [9.17, 15) is 13.2 Å². The molecule has 28 heavy (non-hydrogen) atoms. The van der Waals surface area contributed by atoms with E-state index in [2.05, 4.69) is 10.0 Å². The summed E-state index contributed by atoms with van der Waals surface area (Å²) >= 11 is 1.60. The summed E-state index contributed by atoms with van der Waals surface area (Å²) in [5.41, 5.74) is 3.28. The molecule has 0 fully saturated rings. The molecule has 8 heteroatoms. The third kappa shape index (κ3) is 4.52. The Morgan fingerprint density at radius 2 is 1.68 bits per heavy atom. The molecule has 0 aliphatic heterocycles. The smallest absolute Gasteiger partial charge is 0.254 e. The highest BCUT2D eigenvalue weighted by atomic mass is 32.2. The van der Waals surface area contributed by atoms with Gasteiger partial charge in [-0.3, -0.25) is 4.79 Å². The Kier molecular flexibility index (Phi) is 6.02. The lowest BCUT2D eigenvalue weighted by Gasteiger charge is -2.09. The minimum Gasteiger partial charge on any atom is -0.348 e. The van der Waals surface area contributed by atoms with Crippen LogP contribution in [-0.4, -0.2) is 25.9 Å². The Balaban J connectivity index is 1.71. The normalized spacial score (nSPS) is 11.5. The highest BCUT2D eigenvalue weighted by Gasteiger charge is 2.20. The van der Waals surface area contributed by atoms with Gasteiger partial charge in [0.25, 0.3) is 5.91 Å². The van der Waals surface area contributed by atoms with E-state index in [1.807, 2.05) is 55.1 Å².